The molecule has 1 aromatic heterocycles. The third-order valence-electron chi connectivity index (χ3n) is 2.89. The third kappa shape index (κ3) is 2.51. The van der Waals surface area contributed by atoms with Gasteiger partial charge in [-0.15, -0.1) is 0 Å². The highest BCUT2D eigenvalue weighted by molar-refractivity contribution is 5.02. The van der Waals surface area contributed by atoms with E-state index in [2.05, 4.69) is 4.98 Å². The predicted molar refractivity (Wildman–Crippen MR) is 60.3 cm³/mol. The van der Waals surface area contributed by atoms with Gasteiger partial charge in [-0.1, -0.05) is 0 Å². The number of aromatic nitrogens is 2. The average Bonchev–Trinajstić information content (AvgIpc) is 2.65. The van der Waals surface area contributed by atoms with Crippen LogP contribution in [0.1, 0.15) is 18.2 Å². The van der Waals surface area contributed by atoms with Gasteiger partial charge in [-0.3, -0.25) is 14.3 Å². The lowest BCUT2D eigenvalue weighted by Crippen LogP contribution is -2.33. The fourth-order valence-corrected chi connectivity index (χ4v) is 1.90. The molecule has 2 heterocycles. The van der Waals surface area contributed by atoms with Crippen LogP contribution in [0.3, 0.4) is 0 Å². The van der Waals surface area contributed by atoms with E-state index in [4.69, 9.17) is 10.5 Å². The SMILES string of the molecule is Cc1cn([C@H]2C[C@H](O)[C@@H](CN)O2)c(=O)[nH]c1=O.[O]. The molecule has 18 heavy (non-hydrogen) atoms. The van der Waals surface area contributed by atoms with Crippen LogP contribution in [0.2, 0.25) is 0 Å². The van der Waals surface area contributed by atoms with Gasteiger partial charge in [-0.25, -0.2) is 4.79 Å². The van der Waals surface area contributed by atoms with Gasteiger partial charge in [0.25, 0.3) is 5.56 Å². The number of nitrogens with zero attached hydrogens (tertiary/aromatic N) is 1. The predicted octanol–water partition coefficient (Wildman–Crippen LogP) is -1.67. The van der Waals surface area contributed by atoms with Crippen LogP contribution in [0.15, 0.2) is 15.8 Å². The van der Waals surface area contributed by atoms with E-state index in [-0.39, 0.29) is 18.4 Å². The van der Waals surface area contributed by atoms with E-state index < -0.39 is 29.7 Å². The zero-order chi connectivity index (χ0) is 12.6. The number of hydrogen-bond acceptors (Lipinski definition) is 5. The molecule has 8 nitrogen and oxygen atoms in total. The van der Waals surface area contributed by atoms with E-state index in [1.807, 2.05) is 0 Å². The van der Waals surface area contributed by atoms with Crippen molar-refractivity contribution in [2.75, 3.05) is 6.54 Å². The highest BCUT2D eigenvalue weighted by Gasteiger charge is 2.34. The number of nitrogens with two attached hydrogens (primary N) is 1. The maximum atomic E-state index is 11.6. The number of aryl methyl sites for hydroxylation is 1. The van der Waals surface area contributed by atoms with Crippen LogP contribution in [0.4, 0.5) is 0 Å². The molecule has 2 rings (SSSR count). The Bertz CT molecular complexity index is 523. The monoisotopic (exact) mass is 257 g/mol. The van der Waals surface area contributed by atoms with Crippen molar-refractivity contribution in [1.29, 1.82) is 0 Å². The van der Waals surface area contributed by atoms with Crippen molar-refractivity contribution >= 4 is 0 Å². The molecule has 1 aliphatic rings. The van der Waals surface area contributed by atoms with Crippen LogP contribution >= 0.6 is 0 Å². The van der Waals surface area contributed by atoms with E-state index in [1.54, 1.807) is 6.92 Å². The summed E-state index contributed by atoms with van der Waals surface area (Å²) in [6, 6.07) is 0. The zero-order valence-electron chi connectivity index (χ0n) is 9.83. The first-order chi connectivity index (χ1) is 8.02. The molecule has 0 saturated carbocycles. The van der Waals surface area contributed by atoms with E-state index in [1.165, 1.54) is 10.8 Å². The van der Waals surface area contributed by atoms with Gasteiger partial charge >= 0.3 is 5.69 Å². The lowest BCUT2D eigenvalue weighted by Gasteiger charge is -2.14. The minimum Gasteiger partial charge on any atom is -0.390 e. The molecule has 1 fully saturated rings. The Morgan fingerprint density at radius 1 is 1.61 bits per heavy atom. The number of aromatic amines is 1. The molecule has 0 aromatic carbocycles. The maximum Gasteiger partial charge on any atom is 0.330 e. The number of rotatable bonds is 2. The molecule has 2 radical (unpaired) electrons. The minimum atomic E-state index is -0.691. The summed E-state index contributed by atoms with van der Waals surface area (Å²) in [6.45, 7) is 1.79. The molecule has 0 amide bonds. The van der Waals surface area contributed by atoms with Crippen molar-refractivity contribution in [3.05, 3.63) is 32.6 Å². The maximum absolute atomic E-state index is 11.6. The molecule has 3 atom stereocenters. The first-order valence-electron chi connectivity index (χ1n) is 5.38. The number of nitrogens with one attached hydrogen (secondary N) is 1. The molecule has 1 aliphatic heterocycles. The molecule has 1 saturated heterocycles. The molecule has 0 unspecified atom stereocenters. The van der Waals surface area contributed by atoms with Crippen molar-refractivity contribution in [1.82, 2.24) is 9.55 Å². The lowest BCUT2D eigenvalue weighted by molar-refractivity contribution is -0.0152. The van der Waals surface area contributed by atoms with Crippen LogP contribution in [0.5, 0.6) is 0 Å². The summed E-state index contributed by atoms with van der Waals surface area (Å²) in [6.07, 6.45) is -0.0325. The molecular weight excluding hydrogens is 242 g/mol. The smallest absolute Gasteiger partial charge is 0.330 e. The number of ether oxygens (including phenoxy) is 1. The van der Waals surface area contributed by atoms with Crippen molar-refractivity contribution < 1.29 is 15.3 Å². The van der Waals surface area contributed by atoms with Gasteiger partial charge in [0, 0.05) is 30.2 Å². The fraction of sp³-hybridized carbons (Fsp3) is 0.600. The summed E-state index contributed by atoms with van der Waals surface area (Å²) in [7, 11) is 0. The minimum absolute atomic E-state index is 0. The second-order valence-corrected chi connectivity index (χ2v) is 4.15. The van der Waals surface area contributed by atoms with Crippen molar-refractivity contribution in [3.8, 4) is 0 Å². The Morgan fingerprint density at radius 2 is 2.28 bits per heavy atom. The molecule has 0 bridgehead atoms. The quantitative estimate of drug-likeness (QED) is 0.581. The summed E-state index contributed by atoms with van der Waals surface area (Å²) in [4.78, 5) is 25.0. The van der Waals surface area contributed by atoms with Gasteiger partial charge in [0.15, 0.2) is 0 Å². The van der Waals surface area contributed by atoms with Gasteiger partial charge < -0.3 is 15.6 Å². The van der Waals surface area contributed by atoms with Gasteiger partial charge in [-0.05, 0) is 6.92 Å². The first-order valence-corrected chi connectivity index (χ1v) is 5.38. The lowest BCUT2D eigenvalue weighted by atomic mass is 10.2. The van der Waals surface area contributed by atoms with Crippen molar-refractivity contribution in [3.63, 3.8) is 0 Å². The normalized spacial score (nSPS) is 26.9. The second kappa shape index (κ2) is 5.44. The van der Waals surface area contributed by atoms with Crippen LogP contribution in [-0.4, -0.2) is 33.4 Å². The highest BCUT2D eigenvalue weighted by atomic mass is 16.5. The van der Waals surface area contributed by atoms with Gasteiger partial charge in [-0.2, -0.15) is 0 Å². The molecule has 0 aliphatic carbocycles. The van der Waals surface area contributed by atoms with E-state index in [9.17, 15) is 14.7 Å². The summed E-state index contributed by atoms with van der Waals surface area (Å²) in [5, 5.41) is 9.64. The van der Waals surface area contributed by atoms with Gasteiger partial charge in [0.1, 0.15) is 6.23 Å². The fourth-order valence-electron chi connectivity index (χ4n) is 1.90. The number of hydrogen-bond donors (Lipinski definition) is 3. The Morgan fingerprint density at radius 3 is 2.83 bits per heavy atom. The summed E-state index contributed by atoms with van der Waals surface area (Å²) < 4.78 is 6.72. The number of aliphatic hydroxyl groups is 1. The van der Waals surface area contributed by atoms with E-state index >= 15 is 0 Å². The van der Waals surface area contributed by atoms with Crippen molar-refractivity contribution in [2.24, 2.45) is 5.73 Å². The van der Waals surface area contributed by atoms with Gasteiger partial charge in [0.05, 0.1) is 12.2 Å². The summed E-state index contributed by atoms with van der Waals surface area (Å²) in [5.41, 5.74) is 4.88. The van der Waals surface area contributed by atoms with Crippen molar-refractivity contribution in [2.45, 2.75) is 31.8 Å². The van der Waals surface area contributed by atoms with E-state index in [0.717, 1.165) is 0 Å². The van der Waals surface area contributed by atoms with Crippen LogP contribution in [-0.2, 0) is 10.2 Å². The average molecular weight is 257 g/mol. The Hall–Kier alpha value is -1.48. The Labute approximate surface area is 102 Å². The molecule has 4 N–H and O–H groups in total. The summed E-state index contributed by atoms with van der Waals surface area (Å²) in [5.74, 6) is 0. The molecule has 1 aromatic rings. The second-order valence-electron chi connectivity index (χ2n) is 4.15. The molecule has 100 valence electrons. The number of H-pyrrole nitrogens is 1. The van der Waals surface area contributed by atoms with Crippen LogP contribution in [0.25, 0.3) is 0 Å². The van der Waals surface area contributed by atoms with Crippen LogP contribution in [0, 0.1) is 6.92 Å². The molecule has 0 spiro atoms. The third-order valence-corrected chi connectivity index (χ3v) is 2.89. The van der Waals surface area contributed by atoms with E-state index in [0.29, 0.717) is 5.56 Å². The Balaban J connectivity index is 0.00000162. The molecular formula is C10H15N3O5. The van der Waals surface area contributed by atoms with Crippen LogP contribution < -0.4 is 17.0 Å². The van der Waals surface area contributed by atoms with Gasteiger partial charge in [0.2, 0.25) is 0 Å². The highest BCUT2D eigenvalue weighted by Crippen LogP contribution is 2.26. The zero-order valence-corrected chi connectivity index (χ0v) is 9.83. The molecule has 8 heteroatoms. The summed E-state index contributed by atoms with van der Waals surface area (Å²) >= 11 is 0. The largest absolute Gasteiger partial charge is 0.390 e. The Kier molecular flexibility index (Phi) is 4.41. The topological polar surface area (TPSA) is 139 Å². The standard InChI is InChI=1S/C10H15N3O4.O/c1-5-4-13(10(16)12-9(5)15)8-2-6(14)7(3-11)17-8;/h4,6-8,14H,2-3,11H2,1H3,(H,12,15,16);/t6-,7+,8+;/m0./s1. The first kappa shape index (κ1) is 14.6. The number of aliphatic hydroxyl groups excluding tert-OH is 1.